The Labute approximate surface area is 107 Å². The number of amides is 2. The first-order valence-corrected chi connectivity index (χ1v) is 5.73. The number of oxime groups is 1. The van der Waals surface area contributed by atoms with Gasteiger partial charge in [-0.05, 0) is 0 Å². The van der Waals surface area contributed by atoms with Crippen LogP contribution in [0.3, 0.4) is 0 Å². The smallest absolute Gasteiger partial charge is 0.369 e. The van der Waals surface area contributed by atoms with E-state index in [9.17, 15) is 19.7 Å². The van der Waals surface area contributed by atoms with Gasteiger partial charge in [-0.15, -0.1) is 0 Å². The van der Waals surface area contributed by atoms with Crippen molar-refractivity contribution in [2.75, 3.05) is 12.8 Å². The molecule has 2 amide bonds. The molecule has 0 spiro atoms. The van der Waals surface area contributed by atoms with Crippen LogP contribution in [0.25, 0.3) is 0 Å². The maximum Gasteiger partial charge on any atom is 0.433 e. The molecule has 0 radical (unpaired) electrons. The van der Waals surface area contributed by atoms with Crippen LogP contribution >= 0.6 is 11.8 Å². The molecule has 0 fully saturated rings. The molecule has 9 nitrogen and oxygen atoms in total. The van der Waals surface area contributed by atoms with Crippen molar-refractivity contribution in [3.05, 3.63) is 10.1 Å². The number of nitrogens with one attached hydrogen (secondary N) is 1. The minimum absolute atomic E-state index is 0.130. The second-order valence-corrected chi connectivity index (χ2v) is 4.56. The van der Waals surface area contributed by atoms with Crippen molar-refractivity contribution in [2.45, 2.75) is 19.4 Å². The third-order valence-corrected chi connectivity index (χ3v) is 3.02. The highest BCUT2D eigenvalue weighted by Gasteiger charge is 2.39. The van der Waals surface area contributed by atoms with Crippen LogP contribution in [-0.4, -0.2) is 40.3 Å². The summed E-state index contributed by atoms with van der Waals surface area (Å²) in [4.78, 5) is 36.1. The van der Waals surface area contributed by atoms with E-state index in [-0.39, 0.29) is 10.8 Å². The number of carbonyl (C=O) groups is 2. The summed E-state index contributed by atoms with van der Waals surface area (Å²) in [6, 6.07) is 0. The van der Waals surface area contributed by atoms with Crippen LogP contribution in [0.15, 0.2) is 5.16 Å². The van der Waals surface area contributed by atoms with Gasteiger partial charge in [-0.25, -0.2) is 4.79 Å². The number of primary amides is 1. The van der Waals surface area contributed by atoms with Gasteiger partial charge in [0.2, 0.25) is 5.91 Å². The molecule has 0 aliphatic carbocycles. The molecule has 18 heavy (non-hydrogen) atoms. The molecule has 10 heteroatoms. The Morgan fingerprint density at radius 3 is 2.50 bits per heavy atom. The predicted octanol–water partition coefficient (Wildman–Crippen LogP) is -0.0703. The number of carbonyl (C=O) groups excluding carboxylic acids is 2. The zero-order valence-electron chi connectivity index (χ0n) is 10.1. The molecule has 3 N–H and O–H groups in total. The largest absolute Gasteiger partial charge is 0.433 e. The van der Waals surface area contributed by atoms with Crippen molar-refractivity contribution < 1.29 is 19.3 Å². The van der Waals surface area contributed by atoms with Gasteiger partial charge in [-0.3, -0.25) is 19.7 Å². The fourth-order valence-corrected chi connectivity index (χ4v) is 1.46. The highest BCUT2D eigenvalue weighted by molar-refractivity contribution is 8.14. The van der Waals surface area contributed by atoms with Gasteiger partial charge in [-0.2, -0.15) is 0 Å². The molecule has 0 aliphatic heterocycles. The standard InChI is InChI=1S/C8H14N4O5S/c1-8(2,12(15)16)6(18-4-5(9)13)11-17-7(14)10-3/h4H2,1-3H3,(H2,9,13)(H,10,14)/b11-6-. The van der Waals surface area contributed by atoms with Gasteiger partial charge in [0.05, 0.1) is 5.75 Å². The molecule has 0 unspecified atom stereocenters. The van der Waals surface area contributed by atoms with Gasteiger partial charge in [0.1, 0.15) is 0 Å². The molecule has 0 aromatic carbocycles. The topological polar surface area (TPSA) is 137 Å². The van der Waals surface area contributed by atoms with Crippen molar-refractivity contribution in [2.24, 2.45) is 10.9 Å². The highest BCUT2D eigenvalue weighted by Crippen LogP contribution is 2.20. The normalized spacial score (nSPS) is 11.8. The molecule has 0 aromatic rings. The Kier molecular flexibility index (Phi) is 6.09. The van der Waals surface area contributed by atoms with E-state index in [0.717, 1.165) is 11.8 Å². The predicted molar refractivity (Wildman–Crippen MR) is 65.7 cm³/mol. The minimum Gasteiger partial charge on any atom is -0.369 e. The molecule has 0 atom stereocenters. The van der Waals surface area contributed by atoms with Crippen LogP contribution in [0.1, 0.15) is 13.8 Å². The van der Waals surface area contributed by atoms with E-state index in [1.807, 2.05) is 0 Å². The summed E-state index contributed by atoms with van der Waals surface area (Å²) in [6.45, 7) is 2.54. The number of rotatable bonds is 5. The van der Waals surface area contributed by atoms with Crippen molar-refractivity contribution >= 4 is 28.8 Å². The summed E-state index contributed by atoms with van der Waals surface area (Å²) in [7, 11) is 1.31. The summed E-state index contributed by atoms with van der Waals surface area (Å²) >= 11 is 0.746. The third kappa shape index (κ3) is 4.99. The van der Waals surface area contributed by atoms with Crippen LogP contribution in [-0.2, 0) is 9.63 Å². The Hall–Kier alpha value is -1.84. The van der Waals surface area contributed by atoms with E-state index in [2.05, 4.69) is 15.3 Å². The number of nitro groups is 1. The summed E-state index contributed by atoms with van der Waals surface area (Å²) < 4.78 is 0. The van der Waals surface area contributed by atoms with Crippen LogP contribution < -0.4 is 11.1 Å². The lowest BCUT2D eigenvalue weighted by Crippen LogP contribution is -2.39. The average Bonchev–Trinajstić information content (AvgIpc) is 2.27. The van der Waals surface area contributed by atoms with Crippen molar-refractivity contribution in [3.8, 4) is 0 Å². The maximum absolute atomic E-state index is 10.9. The number of nitrogens with zero attached hydrogens (tertiary/aromatic N) is 2. The third-order valence-electron chi connectivity index (χ3n) is 1.75. The number of hydrogen-bond donors (Lipinski definition) is 2. The Morgan fingerprint density at radius 2 is 2.11 bits per heavy atom. The van der Waals surface area contributed by atoms with E-state index >= 15 is 0 Å². The SMILES string of the molecule is CNC(=O)O/N=C(\SCC(N)=O)C(C)(C)[N+](=O)[O-]. The lowest BCUT2D eigenvalue weighted by molar-refractivity contribution is -0.537. The van der Waals surface area contributed by atoms with Gasteiger partial charge in [0, 0.05) is 25.8 Å². The average molecular weight is 278 g/mol. The summed E-state index contributed by atoms with van der Waals surface area (Å²) in [5, 5.41) is 16.2. The van der Waals surface area contributed by atoms with Crippen LogP contribution in [0, 0.1) is 10.1 Å². The molecule has 0 saturated heterocycles. The fourth-order valence-electron chi connectivity index (χ4n) is 0.661. The van der Waals surface area contributed by atoms with Gasteiger partial charge in [0.15, 0.2) is 5.04 Å². The van der Waals surface area contributed by atoms with E-state index in [4.69, 9.17) is 5.73 Å². The molecular weight excluding hydrogens is 264 g/mol. The molecule has 0 rings (SSSR count). The van der Waals surface area contributed by atoms with E-state index in [0.29, 0.717) is 0 Å². The van der Waals surface area contributed by atoms with E-state index in [1.165, 1.54) is 20.9 Å². The Morgan fingerprint density at radius 1 is 1.56 bits per heavy atom. The van der Waals surface area contributed by atoms with Crippen LogP contribution in [0.5, 0.6) is 0 Å². The first-order chi connectivity index (χ1) is 8.21. The van der Waals surface area contributed by atoms with Gasteiger partial charge >= 0.3 is 6.09 Å². The van der Waals surface area contributed by atoms with Gasteiger partial charge < -0.3 is 11.1 Å². The molecule has 0 aromatic heterocycles. The van der Waals surface area contributed by atoms with Gasteiger partial charge in [0.25, 0.3) is 5.54 Å². The molecule has 102 valence electrons. The quantitative estimate of drug-likeness (QED) is 0.237. The van der Waals surface area contributed by atoms with Crippen molar-refractivity contribution in [3.63, 3.8) is 0 Å². The van der Waals surface area contributed by atoms with E-state index in [1.54, 1.807) is 0 Å². The molecule has 0 saturated carbocycles. The fraction of sp³-hybridized carbons (Fsp3) is 0.625. The molecule has 0 bridgehead atoms. The Bertz CT molecular complexity index is 382. The first-order valence-electron chi connectivity index (χ1n) is 4.74. The monoisotopic (exact) mass is 278 g/mol. The Balaban J connectivity index is 4.98. The number of thioether (sulfide) groups is 1. The van der Waals surface area contributed by atoms with Crippen molar-refractivity contribution in [1.29, 1.82) is 0 Å². The summed E-state index contributed by atoms with van der Waals surface area (Å²) in [5.41, 5.74) is 3.35. The van der Waals surface area contributed by atoms with Crippen molar-refractivity contribution in [1.82, 2.24) is 5.32 Å². The molecule has 0 heterocycles. The maximum atomic E-state index is 10.9. The zero-order valence-corrected chi connectivity index (χ0v) is 10.9. The lowest BCUT2D eigenvalue weighted by Gasteiger charge is -2.16. The first kappa shape index (κ1) is 16.2. The summed E-state index contributed by atoms with van der Waals surface area (Å²) in [6.07, 6.45) is -0.869. The number of nitrogens with two attached hydrogens (primary N) is 1. The lowest BCUT2D eigenvalue weighted by atomic mass is 10.1. The van der Waals surface area contributed by atoms with Gasteiger partial charge in [-0.1, -0.05) is 16.9 Å². The minimum atomic E-state index is -1.59. The second-order valence-electron chi connectivity index (χ2n) is 3.60. The molecule has 0 aliphatic rings. The number of hydrogen-bond acceptors (Lipinski definition) is 7. The molecular formula is C8H14N4O5S. The van der Waals surface area contributed by atoms with Crippen LogP contribution in [0.2, 0.25) is 0 Å². The second kappa shape index (κ2) is 6.79. The summed E-state index contributed by atoms with van der Waals surface area (Å²) in [5.74, 6) is -0.862. The highest BCUT2D eigenvalue weighted by atomic mass is 32.2. The van der Waals surface area contributed by atoms with E-state index < -0.39 is 22.5 Å². The zero-order chi connectivity index (χ0) is 14.3. The van der Waals surface area contributed by atoms with Crippen LogP contribution in [0.4, 0.5) is 4.79 Å².